The SMILES string of the molecule is COc1ccc(CNCC(O)c2ccccc2F)c(O)c1. The van der Waals surface area contributed by atoms with Crippen LogP contribution < -0.4 is 10.1 Å². The van der Waals surface area contributed by atoms with Gasteiger partial charge in [0.15, 0.2) is 0 Å². The lowest BCUT2D eigenvalue weighted by Gasteiger charge is -2.13. The maximum absolute atomic E-state index is 13.5. The number of phenols is 1. The molecular weight excluding hydrogens is 273 g/mol. The number of nitrogens with one attached hydrogen (secondary N) is 1. The molecule has 0 fully saturated rings. The summed E-state index contributed by atoms with van der Waals surface area (Å²) in [7, 11) is 1.53. The summed E-state index contributed by atoms with van der Waals surface area (Å²) >= 11 is 0. The predicted octanol–water partition coefficient (Wildman–Crippen LogP) is 2.36. The summed E-state index contributed by atoms with van der Waals surface area (Å²) in [5.41, 5.74) is 0.931. The van der Waals surface area contributed by atoms with Crippen molar-refractivity contribution in [1.82, 2.24) is 5.32 Å². The molecule has 2 rings (SSSR count). The number of aromatic hydroxyl groups is 1. The number of benzene rings is 2. The molecule has 0 aliphatic heterocycles. The zero-order valence-electron chi connectivity index (χ0n) is 11.7. The molecule has 0 saturated heterocycles. The Hall–Kier alpha value is -2.11. The Morgan fingerprint density at radius 1 is 1.24 bits per heavy atom. The third kappa shape index (κ3) is 3.93. The number of phenolic OH excluding ortho intramolecular Hbond substituents is 1. The van der Waals surface area contributed by atoms with Crippen molar-refractivity contribution in [3.8, 4) is 11.5 Å². The van der Waals surface area contributed by atoms with Crippen LogP contribution in [0.1, 0.15) is 17.2 Å². The number of aliphatic hydroxyl groups is 1. The predicted molar refractivity (Wildman–Crippen MR) is 77.7 cm³/mol. The number of methoxy groups -OCH3 is 1. The van der Waals surface area contributed by atoms with E-state index in [4.69, 9.17) is 4.74 Å². The van der Waals surface area contributed by atoms with Crippen molar-refractivity contribution >= 4 is 0 Å². The number of rotatable bonds is 6. The van der Waals surface area contributed by atoms with Gasteiger partial charge < -0.3 is 20.3 Å². The van der Waals surface area contributed by atoms with Crippen LogP contribution in [0.15, 0.2) is 42.5 Å². The van der Waals surface area contributed by atoms with Crippen molar-refractivity contribution in [2.45, 2.75) is 12.6 Å². The lowest BCUT2D eigenvalue weighted by molar-refractivity contribution is 0.169. The van der Waals surface area contributed by atoms with Gasteiger partial charge in [0, 0.05) is 30.3 Å². The van der Waals surface area contributed by atoms with Crippen molar-refractivity contribution in [3.63, 3.8) is 0 Å². The first kappa shape index (κ1) is 15.3. The van der Waals surface area contributed by atoms with E-state index in [2.05, 4.69) is 5.32 Å². The first-order valence-electron chi connectivity index (χ1n) is 6.61. The summed E-state index contributed by atoms with van der Waals surface area (Å²) in [6.45, 7) is 0.549. The average Bonchev–Trinajstić information content (AvgIpc) is 2.49. The second-order valence-electron chi connectivity index (χ2n) is 4.66. The molecule has 2 aromatic carbocycles. The van der Waals surface area contributed by atoms with Crippen LogP contribution in [0.3, 0.4) is 0 Å². The minimum absolute atomic E-state index is 0.113. The van der Waals surface area contributed by atoms with E-state index in [1.165, 1.54) is 19.2 Å². The summed E-state index contributed by atoms with van der Waals surface area (Å²) in [4.78, 5) is 0. The van der Waals surface area contributed by atoms with Gasteiger partial charge in [0.2, 0.25) is 0 Å². The van der Waals surface area contributed by atoms with E-state index < -0.39 is 11.9 Å². The van der Waals surface area contributed by atoms with Gasteiger partial charge in [-0.05, 0) is 12.1 Å². The van der Waals surface area contributed by atoms with E-state index in [1.54, 1.807) is 30.3 Å². The highest BCUT2D eigenvalue weighted by atomic mass is 19.1. The molecular formula is C16H18FNO3. The van der Waals surface area contributed by atoms with E-state index in [1.807, 2.05) is 0 Å². The Labute approximate surface area is 122 Å². The molecule has 4 nitrogen and oxygen atoms in total. The maximum atomic E-state index is 13.5. The largest absolute Gasteiger partial charge is 0.507 e. The van der Waals surface area contributed by atoms with Crippen LogP contribution in [0.2, 0.25) is 0 Å². The Morgan fingerprint density at radius 3 is 2.67 bits per heavy atom. The fraction of sp³-hybridized carbons (Fsp3) is 0.250. The van der Waals surface area contributed by atoms with Gasteiger partial charge in [0.05, 0.1) is 13.2 Å². The molecule has 1 unspecified atom stereocenters. The molecule has 112 valence electrons. The highest BCUT2D eigenvalue weighted by molar-refractivity contribution is 5.39. The van der Waals surface area contributed by atoms with Crippen LogP contribution in [0, 0.1) is 5.82 Å². The van der Waals surface area contributed by atoms with Gasteiger partial charge in [-0.15, -0.1) is 0 Å². The Morgan fingerprint density at radius 2 is 2.00 bits per heavy atom. The number of ether oxygens (including phenoxy) is 1. The minimum Gasteiger partial charge on any atom is -0.507 e. The van der Waals surface area contributed by atoms with Gasteiger partial charge in [-0.3, -0.25) is 0 Å². The van der Waals surface area contributed by atoms with Gasteiger partial charge in [-0.2, -0.15) is 0 Å². The normalized spacial score (nSPS) is 12.1. The van der Waals surface area contributed by atoms with Gasteiger partial charge in [-0.25, -0.2) is 4.39 Å². The molecule has 0 saturated carbocycles. The fourth-order valence-corrected chi connectivity index (χ4v) is 2.02. The second-order valence-corrected chi connectivity index (χ2v) is 4.66. The average molecular weight is 291 g/mol. The van der Waals surface area contributed by atoms with Crippen molar-refractivity contribution < 1.29 is 19.3 Å². The summed E-state index contributed by atoms with van der Waals surface area (Å²) in [5, 5.41) is 22.7. The van der Waals surface area contributed by atoms with Gasteiger partial charge in [-0.1, -0.05) is 24.3 Å². The number of aliphatic hydroxyl groups excluding tert-OH is 1. The maximum Gasteiger partial charge on any atom is 0.129 e. The Kier molecular flexibility index (Phi) is 5.14. The first-order valence-corrected chi connectivity index (χ1v) is 6.61. The lowest BCUT2D eigenvalue weighted by Crippen LogP contribution is -2.21. The van der Waals surface area contributed by atoms with Crippen molar-refractivity contribution in [3.05, 3.63) is 59.4 Å². The summed E-state index contributed by atoms with van der Waals surface area (Å²) in [6.07, 6.45) is -0.938. The topological polar surface area (TPSA) is 61.7 Å². The standard InChI is InChI=1S/C16H18FNO3/c1-21-12-7-6-11(15(19)8-12)9-18-10-16(20)13-4-2-3-5-14(13)17/h2-8,16,18-20H,9-10H2,1H3. The second kappa shape index (κ2) is 7.06. The third-order valence-corrected chi connectivity index (χ3v) is 3.21. The summed E-state index contributed by atoms with van der Waals surface area (Å²) < 4.78 is 18.5. The molecule has 0 radical (unpaired) electrons. The van der Waals surface area contributed by atoms with Gasteiger partial charge >= 0.3 is 0 Å². The van der Waals surface area contributed by atoms with Gasteiger partial charge in [0.1, 0.15) is 17.3 Å². The van der Waals surface area contributed by atoms with Crippen molar-refractivity contribution in [2.24, 2.45) is 0 Å². The van der Waals surface area contributed by atoms with E-state index in [0.29, 0.717) is 17.9 Å². The zero-order chi connectivity index (χ0) is 15.2. The molecule has 0 aromatic heterocycles. The molecule has 0 bridgehead atoms. The van der Waals surface area contributed by atoms with Crippen LogP contribution in [0.5, 0.6) is 11.5 Å². The number of hydrogen-bond donors (Lipinski definition) is 3. The molecule has 5 heteroatoms. The van der Waals surface area contributed by atoms with Crippen molar-refractivity contribution in [1.29, 1.82) is 0 Å². The van der Waals surface area contributed by atoms with Gasteiger partial charge in [0.25, 0.3) is 0 Å². The fourth-order valence-electron chi connectivity index (χ4n) is 2.02. The first-order chi connectivity index (χ1) is 10.1. The zero-order valence-corrected chi connectivity index (χ0v) is 11.7. The number of hydrogen-bond acceptors (Lipinski definition) is 4. The molecule has 0 spiro atoms. The lowest BCUT2D eigenvalue weighted by atomic mass is 10.1. The Balaban J connectivity index is 1.91. The molecule has 21 heavy (non-hydrogen) atoms. The Bertz CT molecular complexity index is 604. The monoisotopic (exact) mass is 291 g/mol. The van der Waals surface area contributed by atoms with Crippen LogP contribution >= 0.6 is 0 Å². The van der Waals surface area contributed by atoms with Crippen molar-refractivity contribution in [2.75, 3.05) is 13.7 Å². The molecule has 0 amide bonds. The molecule has 2 aromatic rings. The van der Waals surface area contributed by atoms with Crippen LogP contribution in [-0.4, -0.2) is 23.9 Å². The van der Waals surface area contributed by atoms with Crippen LogP contribution in [0.25, 0.3) is 0 Å². The quantitative estimate of drug-likeness (QED) is 0.764. The minimum atomic E-state index is -0.938. The molecule has 3 N–H and O–H groups in total. The molecule has 0 aliphatic carbocycles. The van der Waals surface area contributed by atoms with E-state index in [-0.39, 0.29) is 17.9 Å². The highest BCUT2D eigenvalue weighted by Gasteiger charge is 2.12. The van der Waals surface area contributed by atoms with E-state index in [9.17, 15) is 14.6 Å². The number of halogens is 1. The molecule has 0 aliphatic rings. The summed E-state index contributed by atoms with van der Waals surface area (Å²) in [6, 6.07) is 11.1. The van der Waals surface area contributed by atoms with Crippen LogP contribution in [-0.2, 0) is 6.54 Å². The van der Waals surface area contributed by atoms with E-state index in [0.717, 1.165) is 0 Å². The highest BCUT2D eigenvalue weighted by Crippen LogP contribution is 2.23. The molecule has 1 atom stereocenters. The van der Waals surface area contributed by atoms with Crippen LogP contribution in [0.4, 0.5) is 4.39 Å². The third-order valence-electron chi connectivity index (χ3n) is 3.21. The summed E-state index contributed by atoms with van der Waals surface area (Å²) in [5.74, 6) is 0.254. The van der Waals surface area contributed by atoms with E-state index >= 15 is 0 Å². The molecule has 0 heterocycles. The smallest absolute Gasteiger partial charge is 0.129 e.